The second-order valence-electron chi connectivity index (χ2n) is 5.07. The average molecular weight is 390 g/mol. The fourth-order valence-corrected chi connectivity index (χ4v) is 2.92. The molecule has 5 nitrogen and oxygen atoms in total. The van der Waals surface area contributed by atoms with Crippen molar-refractivity contribution in [2.45, 2.75) is 6.61 Å². The van der Waals surface area contributed by atoms with Crippen molar-refractivity contribution in [2.24, 2.45) is 0 Å². The number of aliphatic hydroxyl groups is 1. The molecule has 0 saturated heterocycles. The molecule has 0 aliphatic rings. The van der Waals surface area contributed by atoms with Gasteiger partial charge < -0.3 is 19.1 Å². The third kappa shape index (κ3) is 3.02. The maximum atomic E-state index is 9.89. The smallest absolute Gasteiger partial charge is 0.176 e. The Morgan fingerprint density at radius 3 is 2.62 bits per heavy atom. The first-order valence-electron chi connectivity index (χ1n) is 7.25. The molecule has 0 fully saturated rings. The van der Waals surface area contributed by atoms with Crippen LogP contribution in [0.2, 0.25) is 0 Å². The fourth-order valence-electron chi connectivity index (χ4n) is 2.52. The standard InChI is InChI=1S/C18H16BrNO4/c1-22-13-6-7-16(23-2)14(9-13)18-15(10-21)17(20-24-18)11-4-3-5-12(19)8-11/h3-9,21H,10H2,1-2H3. The van der Waals surface area contributed by atoms with Crippen LogP contribution in [0.4, 0.5) is 0 Å². The Hall–Kier alpha value is -2.31. The summed E-state index contributed by atoms with van der Waals surface area (Å²) in [4.78, 5) is 0. The molecule has 0 amide bonds. The van der Waals surface area contributed by atoms with Crippen LogP contribution in [0.25, 0.3) is 22.6 Å². The van der Waals surface area contributed by atoms with Crippen molar-refractivity contribution in [3.8, 4) is 34.1 Å². The maximum Gasteiger partial charge on any atom is 0.176 e. The largest absolute Gasteiger partial charge is 0.497 e. The molecule has 0 aliphatic carbocycles. The van der Waals surface area contributed by atoms with Crippen molar-refractivity contribution < 1.29 is 19.1 Å². The Morgan fingerprint density at radius 1 is 1.12 bits per heavy atom. The molecule has 0 aliphatic heterocycles. The van der Waals surface area contributed by atoms with E-state index in [1.807, 2.05) is 24.3 Å². The van der Waals surface area contributed by atoms with Gasteiger partial charge in [-0.1, -0.05) is 33.2 Å². The number of methoxy groups -OCH3 is 2. The summed E-state index contributed by atoms with van der Waals surface area (Å²) >= 11 is 3.44. The van der Waals surface area contributed by atoms with Gasteiger partial charge in [-0.15, -0.1) is 0 Å². The molecule has 6 heteroatoms. The number of nitrogens with zero attached hydrogens (tertiary/aromatic N) is 1. The van der Waals surface area contributed by atoms with Gasteiger partial charge in [-0.2, -0.15) is 0 Å². The van der Waals surface area contributed by atoms with E-state index in [0.717, 1.165) is 10.0 Å². The minimum Gasteiger partial charge on any atom is -0.497 e. The molecule has 0 radical (unpaired) electrons. The van der Waals surface area contributed by atoms with Gasteiger partial charge >= 0.3 is 0 Å². The lowest BCUT2D eigenvalue weighted by molar-refractivity contribution is 0.281. The van der Waals surface area contributed by atoms with E-state index in [-0.39, 0.29) is 6.61 Å². The molecule has 0 bridgehead atoms. The Balaban J connectivity index is 2.17. The van der Waals surface area contributed by atoms with Crippen LogP contribution >= 0.6 is 15.9 Å². The normalized spacial score (nSPS) is 10.7. The van der Waals surface area contributed by atoms with Gasteiger partial charge in [-0.05, 0) is 30.3 Å². The summed E-state index contributed by atoms with van der Waals surface area (Å²) in [5, 5.41) is 14.0. The molecule has 1 heterocycles. The fraction of sp³-hybridized carbons (Fsp3) is 0.167. The summed E-state index contributed by atoms with van der Waals surface area (Å²) in [7, 11) is 3.17. The van der Waals surface area contributed by atoms with Gasteiger partial charge in [-0.25, -0.2) is 0 Å². The molecule has 24 heavy (non-hydrogen) atoms. The lowest BCUT2D eigenvalue weighted by Gasteiger charge is -2.09. The summed E-state index contributed by atoms with van der Waals surface area (Å²) in [6.07, 6.45) is 0. The van der Waals surface area contributed by atoms with Crippen molar-refractivity contribution >= 4 is 15.9 Å². The van der Waals surface area contributed by atoms with E-state index in [2.05, 4.69) is 21.1 Å². The maximum absolute atomic E-state index is 9.89. The molecular weight excluding hydrogens is 374 g/mol. The molecule has 0 spiro atoms. The Morgan fingerprint density at radius 2 is 1.96 bits per heavy atom. The summed E-state index contributed by atoms with van der Waals surface area (Å²) in [6, 6.07) is 13.0. The summed E-state index contributed by atoms with van der Waals surface area (Å²) < 4.78 is 17.1. The second kappa shape index (κ2) is 7.07. The number of aliphatic hydroxyl groups excluding tert-OH is 1. The number of ether oxygens (including phenoxy) is 2. The lowest BCUT2D eigenvalue weighted by atomic mass is 10.0. The summed E-state index contributed by atoms with van der Waals surface area (Å²) in [6.45, 7) is -0.207. The zero-order valence-electron chi connectivity index (χ0n) is 13.2. The molecule has 3 rings (SSSR count). The lowest BCUT2D eigenvalue weighted by Crippen LogP contribution is -1.93. The van der Waals surface area contributed by atoms with Crippen LogP contribution in [0.15, 0.2) is 51.5 Å². The predicted molar refractivity (Wildman–Crippen MR) is 94.1 cm³/mol. The minimum atomic E-state index is -0.207. The first-order valence-corrected chi connectivity index (χ1v) is 8.05. The molecule has 1 aromatic heterocycles. The quantitative estimate of drug-likeness (QED) is 0.705. The predicted octanol–water partition coefficient (Wildman–Crippen LogP) is 4.28. The van der Waals surface area contributed by atoms with Gasteiger partial charge in [0.05, 0.1) is 32.0 Å². The molecule has 0 unspecified atom stereocenters. The van der Waals surface area contributed by atoms with Crippen molar-refractivity contribution in [1.29, 1.82) is 0 Å². The van der Waals surface area contributed by atoms with Crippen molar-refractivity contribution in [3.63, 3.8) is 0 Å². The molecule has 2 aromatic carbocycles. The van der Waals surface area contributed by atoms with Crippen molar-refractivity contribution in [3.05, 3.63) is 52.5 Å². The van der Waals surface area contributed by atoms with E-state index in [0.29, 0.717) is 34.1 Å². The number of aromatic nitrogens is 1. The van der Waals surface area contributed by atoms with Gasteiger partial charge in [0.15, 0.2) is 5.76 Å². The highest BCUT2D eigenvalue weighted by molar-refractivity contribution is 9.10. The number of halogens is 1. The highest BCUT2D eigenvalue weighted by atomic mass is 79.9. The SMILES string of the molecule is COc1ccc(OC)c(-c2onc(-c3cccc(Br)c3)c2CO)c1. The highest BCUT2D eigenvalue weighted by Gasteiger charge is 2.21. The number of benzene rings is 2. The van der Waals surface area contributed by atoms with Gasteiger partial charge in [-0.3, -0.25) is 0 Å². The second-order valence-corrected chi connectivity index (χ2v) is 5.99. The Kier molecular flexibility index (Phi) is 4.87. The van der Waals surface area contributed by atoms with E-state index in [1.165, 1.54) is 0 Å². The molecule has 124 valence electrons. The zero-order chi connectivity index (χ0) is 17.1. The van der Waals surface area contributed by atoms with Gasteiger partial charge in [0.25, 0.3) is 0 Å². The van der Waals surface area contributed by atoms with E-state index in [1.54, 1.807) is 32.4 Å². The van der Waals surface area contributed by atoms with Crippen LogP contribution < -0.4 is 9.47 Å². The van der Waals surface area contributed by atoms with Crippen LogP contribution in [-0.2, 0) is 6.61 Å². The van der Waals surface area contributed by atoms with E-state index in [4.69, 9.17) is 14.0 Å². The first-order chi connectivity index (χ1) is 11.7. The van der Waals surface area contributed by atoms with Gasteiger partial charge in [0, 0.05) is 10.0 Å². The van der Waals surface area contributed by atoms with Gasteiger partial charge in [0.1, 0.15) is 17.2 Å². The number of rotatable bonds is 5. The molecule has 1 N–H and O–H groups in total. The molecule has 3 aromatic rings. The summed E-state index contributed by atoms with van der Waals surface area (Å²) in [5.74, 6) is 1.74. The Labute approximate surface area is 147 Å². The van der Waals surface area contributed by atoms with Crippen LogP contribution in [0.1, 0.15) is 5.56 Å². The van der Waals surface area contributed by atoms with E-state index < -0.39 is 0 Å². The summed E-state index contributed by atoms with van der Waals surface area (Å²) in [5.41, 5.74) is 2.72. The third-order valence-electron chi connectivity index (χ3n) is 3.70. The molecular formula is C18H16BrNO4. The van der Waals surface area contributed by atoms with Crippen LogP contribution in [0, 0.1) is 0 Å². The zero-order valence-corrected chi connectivity index (χ0v) is 14.8. The van der Waals surface area contributed by atoms with Crippen molar-refractivity contribution in [2.75, 3.05) is 14.2 Å². The topological polar surface area (TPSA) is 64.7 Å². The average Bonchev–Trinajstić information content (AvgIpc) is 3.05. The van der Waals surface area contributed by atoms with E-state index in [9.17, 15) is 5.11 Å². The van der Waals surface area contributed by atoms with Crippen LogP contribution in [0.3, 0.4) is 0 Å². The molecule has 0 atom stereocenters. The van der Waals surface area contributed by atoms with Crippen LogP contribution in [0.5, 0.6) is 11.5 Å². The Bertz CT molecular complexity index is 860. The number of hydrogen-bond donors (Lipinski definition) is 1. The van der Waals surface area contributed by atoms with Crippen molar-refractivity contribution in [1.82, 2.24) is 5.16 Å². The number of hydrogen-bond acceptors (Lipinski definition) is 5. The monoisotopic (exact) mass is 389 g/mol. The first kappa shape index (κ1) is 16.5. The highest BCUT2D eigenvalue weighted by Crippen LogP contribution is 2.39. The molecule has 0 saturated carbocycles. The minimum absolute atomic E-state index is 0.207. The van der Waals surface area contributed by atoms with Gasteiger partial charge in [0.2, 0.25) is 0 Å². The van der Waals surface area contributed by atoms with Crippen LogP contribution in [-0.4, -0.2) is 24.5 Å². The van der Waals surface area contributed by atoms with E-state index >= 15 is 0 Å². The third-order valence-corrected chi connectivity index (χ3v) is 4.19.